The zero-order valence-corrected chi connectivity index (χ0v) is 14.1. The number of hydrogen-bond acceptors (Lipinski definition) is 5. The van der Waals surface area contributed by atoms with Crippen molar-refractivity contribution >= 4 is 16.5 Å². The second kappa shape index (κ2) is 7.38. The molecule has 1 aliphatic heterocycles. The van der Waals surface area contributed by atoms with E-state index in [-0.39, 0.29) is 0 Å². The highest BCUT2D eigenvalue weighted by Crippen LogP contribution is 2.29. The largest absolute Gasteiger partial charge is 0.346 e. The fourth-order valence-corrected chi connectivity index (χ4v) is 3.97. The van der Waals surface area contributed by atoms with Crippen LogP contribution in [-0.2, 0) is 6.54 Å². The van der Waals surface area contributed by atoms with Gasteiger partial charge in [-0.15, -0.1) is 11.3 Å². The van der Waals surface area contributed by atoms with Crippen molar-refractivity contribution in [3.8, 4) is 0 Å². The van der Waals surface area contributed by atoms with Crippen molar-refractivity contribution in [3.63, 3.8) is 0 Å². The number of nitrogens with one attached hydrogen (secondary N) is 1. The molecule has 2 heterocycles. The molecule has 1 fully saturated rings. The Morgan fingerprint density at radius 2 is 2.10 bits per heavy atom. The molecule has 1 aliphatic rings. The highest BCUT2D eigenvalue weighted by Gasteiger charge is 2.28. The molecule has 0 bridgehead atoms. The van der Waals surface area contributed by atoms with Crippen molar-refractivity contribution < 1.29 is 0 Å². The van der Waals surface area contributed by atoms with Crippen molar-refractivity contribution in [2.24, 2.45) is 0 Å². The van der Waals surface area contributed by atoms with Gasteiger partial charge >= 0.3 is 0 Å². The van der Waals surface area contributed by atoms with Gasteiger partial charge < -0.3 is 10.2 Å². The summed E-state index contributed by atoms with van der Waals surface area (Å²) in [6.45, 7) is 15.3. The van der Waals surface area contributed by atoms with Crippen LogP contribution in [0.25, 0.3) is 0 Å². The van der Waals surface area contributed by atoms with Gasteiger partial charge in [0.15, 0.2) is 5.13 Å². The van der Waals surface area contributed by atoms with Crippen LogP contribution in [0.1, 0.15) is 37.8 Å². The first-order chi connectivity index (χ1) is 9.69. The predicted molar refractivity (Wildman–Crippen MR) is 87.8 cm³/mol. The van der Waals surface area contributed by atoms with E-state index in [1.165, 1.54) is 22.1 Å². The summed E-state index contributed by atoms with van der Waals surface area (Å²) in [5, 5.41) is 4.61. The number of likely N-dealkylation sites (N-methyl/N-ethyl adjacent to an activating group) is 1. The van der Waals surface area contributed by atoms with E-state index < -0.39 is 0 Å². The Balaban J connectivity index is 1.99. The van der Waals surface area contributed by atoms with Gasteiger partial charge in [-0.05, 0) is 33.0 Å². The summed E-state index contributed by atoms with van der Waals surface area (Å²) in [5.74, 6) is 0. The first-order valence-electron chi connectivity index (χ1n) is 7.85. The second-order valence-electron chi connectivity index (χ2n) is 5.40. The predicted octanol–water partition coefficient (Wildman–Crippen LogP) is 2.48. The van der Waals surface area contributed by atoms with Gasteiger partial charge in [0.2, 0.25) is 0 Å². The quantitative estimate of drug-likeness (QED) is 0.837. The molecule has 20 heavy (non-hydrogen) atoms. The third-order valence-electron chi connectivity index (χ3n) is 4.18. The van der Waals surface area contributed by atoms with E-state index in [4.69, 9.17) is 4.98 Å². The lowest BCUT2D eigenvalue weighted by Crippen LogP contribution is -2.37. The van der Waals surface area contributed by atoms with Crippen LogP contribution in [0.2, 0.25) is 0 Å². The van der Waals surface area contributed by atoms with Crippen LogP contribution in [0.4, 0.5) is 5.13 Å². The number of aryl methyl sites for hydroxylation is 1. The molecule has 5 heteroatoms. The lowest BCUT2D eigenvalue weighted by atomic mass is 10.2. The Labute approximate surface area is 127 Å². The summed E-state index contributed by atoms with van der Waals surface area (Å²) in [7, 11) is 0. The molecule has 1 N–H and O–H groups in total. The molecule has 114 valence electrons. The number of hydrogen-bond donors (Lipinski definition) is 1. The highest BCUT2D eigenvalue weighted by atomic mass is 32.1. The summed E-state index contributed by atoms with van der Waals surface area (Å²) in [5.41, 5.74) is 1.19. The summed E-state index contributed by atoms with van der Waals surface area (Å²) < 4.78 is 0. The fourth-order valence-electron chi connectivity index (χ4n) is 2.90. The molecule has 1 atom stereocenters. The number of rotatable bonds is 7. The Bertz CT molecular complexity index is 414. The van der Waals surface area contributed by atoms with Crippen molar-refractivity contribution in [1.82, 2.24) is 15.2 Å². The molecule has 1 unspecified atom stereocenters. The van der Waals surface area contributed by atoms with Crippen molar-refractivity contribution in [2.75, 3.05) is 37.6 Å². The second-order valence-corrected chi connectivity index (χ2v) is 6.46. The summed E-state index contributed by atoms with van der Waals surface area (Å²) in [6.07, 6.45) is 1.27. The van der Waals surface area contributed by atoms with E-state index >= 15 is 0 Å². The molecular formula is C15H28N4S. The third-order valence-corrected chi connectivity index (χ3v) is 5.40. The molecule has 0 aliphatic carbocycles. The van der Waals surface area contributed by atoms with Crippen molar-refractivity contribution in [2.45, 2.75) is 46.7 Å². The Morgan fingerprint density at radius 3 is 2.75 bits per heavy atom. The van der Waals surface area contributed by atoms with Crippen LogP contribution < -0.4 is 10.2 Å². The average molecular weight is 296 g/mol. The Hall–Kier alpha value is -0.650. The monoisotopic (exact) mass is 296 g/mol. The van der Waals surface area contributed by atoms with Crippen LogP contribution in [0, 0.1) is 6.92 Å². The zero-order chi connectivity index (χ0) is 14.5. The van der Waals surface area contributed by atoms with Gasteiger partial charge in [0.25, 0.3) is 0 Å². The van der Waals surface area contributed by atoms with Gasteiger partial charge in [-0.3, -0.25) is 4.90 Å². The standard InChI is InChI=1S/C15H28N4S/c1-5-16-10-14-12(4)17-15(20-14)19-9-8-13(11-19)18(6-2)7-3/h13,16H,5-11H2,1-4H3. The van der Waals surface area contributed by atoms with E-state index in [0.717, 1.165) is 39.3 Å². The van der Waals surface area contributed by atoms with Gasteiger partial charge in [0.05, 0.1) is 5.69 Å². The van der Waals surface area contributed by atoms with E-state index in [0.29, 0.717) is 6.04 Å². The maximum atomic E-state index is 4.78. The number of anilines is 1. The lowest BCUT2D eigenvalue weighted by molar-refractivity contribution is 0.232. The Kier molecular flexibility index (Phi) is 5.81. The summed E-state index contributed by atoms with van der Waals surface area (Å²) in [6, 6.07) is 0.700. The molecule has 0 amide bonds. The van der Waals surface area contributed by atoms with Gasteiger partial charge in [0, 0.05) is 30.6 Å². The van der Waals surface area contributed by atoms with Gasteiger partial charge in [-0.2, -0.15) is 0 Å². The molecular weight excluding hydrogens is 268 g/mol. The van der Waals surface area contributed by atoms with Crippen LogP contribution >= 0.6 is 11.3 Å². The molecule has 1 aromatic heterocycles. The lowest BCUT2D eigenvalue weighted by Gasteiger charge is -2.25. The van der Waals surface area contributed by atoms with Crippen molar-refractivity contribution in [3.05, 3.63) is 10.6 Å². The minimum atomic E-state index is 0.700. The Morgan fingerprint density at radius 1 is 1.35 bits per heavy atom. The average Bonchev–Trinajstić information content (AvgIpc) is 3.05. The van der Waals surface area contributed by atoms with E-state index in [1.807, 2.05) is 11.3 Å². The molecule has 2 rings (SSSR count). The molecule has 0 radical (unpaired) electrons. The number of thiazole rings is 1. The maximum absolute atomic E-state index is 4.78. The summed E-state index contributed by atoms with van der Waals surface area (Å²) in [4.78, 5) is 11.2. The normalized spacial score (nSPS) is 19.2. The van der Waals surface area contributed by atoms with Crippen LogP contribution in [0.3, 0.4) is 0 Å². The molecule has 1 aromatic rings. The highest BCUT2D eigenvalue weighted by molar-refractivity contribution is 7.15. The molecule has 0 spiro atoms. The van der Waals surface area contributed by atoms with E-state index in [2.05, 4.69) is 42.8 Å². The minimum Gasteiger partial charge on any atom is -0.346 e. The molecule has 4 nitrogen and oxygen atoms in total. The number of nitrogens with zero attached hydrogens (tertiary/aromatic N) is 3. The minimum absolute atomic E-state index is 0.700. The molecule has 0 aromatic carbocycles. The fraction of sp³-hybridized carbons (Fsp3) is 0.800. The smallest absolute Gasteiger partial charge is 0.185 e. The van der Waals surface area contributed by atoms with Crippen molar-refractivity contribution in [1.29, 1.82) is 0 Å². The van der Waals surface area contributed by atoms with Crippen LogP contribution in [-0.4, -0.2) is 48.6 Å². The maximum Gasteiger partial charge on any atom is 0.185 e. The van der Waals surface area contributed by atoms with E-state index in [9.17, 15) is 0 Å². The zero-order valence-electron chi connectivity index (χ0n) is 13.3. The van der Waals surface area contributed by atoms with Crippen LogP contribution in [0.15, 0.2) is 0 Å². The molecule has 1 saturated heterocycles. The van der Waals surface area contributed by atoms with Gasteiger partial charge in [-0.1, -0.05) is 20.8 Å². The topological polar surface area (TPSA) is 31.4 Å². The van der Waals surface area contributed by atoms with Gasteiger partial charge in [-0.25, -0.2) is 4.98 Å². The van der Waals surface area contributed by atoms with E-state index in [1.54, 1.807) is 0 Å². The molecule has 0 saturated carbocycles. The SMILES string of the molecule is CCNCc1sc(N2CCC(N(CC)CC)C2)nc1C. The first-order valence-corrected chi connectivity index (χ1v) is 8.67. The van der Waals surface area contributed by atoms with Crippen LogP contribution in [0.5, 0.6) is 0 Å². The third kappa shape index (κ3) is 3.51. The summed E-state index contributed by atoms with van der Waals surface area (Å²) >= 11 is 1.86. The van der Waals surface area contributed by atoms with Gasteiger partial charge in [0.1, 0.15) is 0 Å². The number of aromatic nitrogens is 1. The first kappa shape index (κ1) is 15.7.